The molecule has 0 unspecified atom stereocenters. The zero-order valence-corrected chi connectivity index (χ0v) is 9.47. The molecule has 1 saturated carbocycles. The van der Waals surface area contributed by atoms with Crippen LogP contribution in [-0.4, -0.2) is 21.7 Å². The summed E-state index contributed by atoms with van der Waals surface area (Å²) in [7, 11) is 0. The summed E-state index contributed by atoms with van der Waals surface area (Å²) in [6.45, 7) is 0.587. The normalized spacial score (nSPS) is 17.0. The number of nitrogens with zero attached hydrogens (tertiary/aromatic N) is 3. The van der Waals surface area contributed by atoms with Crippen LogP contribution in [0, 0.1) is 0 Å². The zero-order chi connectivity index (χ0) is 11.7. The summed E-state index contributed by atoms with van der Waals surface area (Å²) in [6, 6.07) is 3.90. The van der Waals surface area contributed by atoms with Crippen molar-refractivity contribution in [1.82, 2.24) is 15.1 Å². The smallest absolute Gasteiger partial charge is 0.234 e. The highest BCUT2D eigenvalue weighted by molar-refractivity contribution is 5.19. The Kier molecular flexibility index (Phi) is 2.40. The second kappa shape index (κ2) is 3.92. The van der Waals surface area contributed by atoms with Gasteiger partial charge in [-0.1, -0.05) is 5.16 Å². The standard InChI is InChI=1S/C12H14N4O/c13-8-12(3-4-12)11-15-10(16-17-11)7-9-1-5-14-6-2-9/h1-2,5-6H,3-4,7-8,13H2. The maximum Gasteiger partial charge on any atom is 0.234 e. The molecular weight excluding hydrogens is 216 g/mol. The van der Waals surface area contributed by atoms with Gasteiger partial charge >= 0.3 is 0 Å². The molecule has 1 aliphatic rings. The van der Waals surface area contributed by atoms with Gasteiger partial charge in [-0.3, -0.25) is 4.98 Å². The van der Waals surface area contributed by atoms with E-state index in [0.29, 0.717) is 24.7 Å². The molecule has 0 aromatic carbocycles. The average Bonchev–Trinajstić information content (AvgIpc) is 3.05. The van der Waals surface area contributed by atoms with Gasteiger partial charge in [-0.2, -0.15) is 4.98 Å². The Morgan fingerprint density at radius 3 is 2.71 bits per heavy atom. The molecule has 0 spiro atoms. The van der Waals surface area contributed by atoms with E-state index in [1.165, 1.54) is 0 Å². The predicted octanol–water partition coefficient (Wildman–Crippen LogP) is 1.05. The minimum atomic E-state index is -0.0243. The molecule has 17 heavy (non-hydrogen) atoms. The Balaban J connectivity index is 1.77. The highest BCUT2D eigenvalue weighted by atomic mass is 16.5. The van der Waals surface area contributed by atoms with Gasteiger partial charge in [0.05, 0.1) is 5.41 Å². The van der Waals surface area contributed by atoms with E-state index in [-0.39, 0.29) is 5.41 Å². The first-order valence-corrected chi connectivity index (χ1v) is 5.74. The number of pyridine rings is 1. The van der Waals surface area contributed by atoms with Crippen LogP contribution in [0.3, 0.4) is 0 Å². The minimum absolute atomic E-state index is 0.0243. The van der Waals surface area contributed by atoms with Gasteiger partial charge in [0, 0.05) is 25.4 Å². The molecule has 1 aliphatic carbocycles. The van der Waals surface area contributed by atoms with Crippen molar-refractivity contribution in [3.05, 3.63) is 41.8 Å². The second-order valence-electron chi connectivity index (χ2n) is 4.53. The first-order chi connectivity index (χ1) is 8.32. The van der Waals surface area contributed by atoms with Gasteiger partial charge in [-0.05, 0) is 30.5 Å². The number of rotatable bonds is 4. The number of aromatic nitrogens is 3. The molecule has 0 atom stereocenters. The SMILES string of the molecule is NCC1(c2nc(Cc3ccncc3)no2)CC1. The van der Waals surface area contributed by atoms with Crippen LogP contribution in [0.2, 0.25) is 0 Å². The highest BCUT2D eigenvalue weighted by Crippen LogP contribution is 2.46. The topological polar surface area (TPSA) is 77.8 Å². The first-order valence-electron chi connectivity index (χ1n) is 5.74. The summed E-state index contributed by atoms with van der Waals surface area (Å²) in [5.41, 5.74) is 6.83. The van der Waals surface area contributed by atoms with E-state index >= 15 is 0 Å². The van der Waals surface area contributed by atoms with E-state index < -0.39 is 0 Å². The minimum Gasteiger partial charge on any atom is -0.339 e. The summed E-state index contributed by atoms with van der Waals surface area (Å²) < 4.78 is 5.30. The molecule has 5 heteroatoms. The van der Waals surface area contributed by atoms with Crippen molar-refractivity contribution in [3.63, 3.8) is 0 Å². The number of hydrogen-bond donors (Lipinski definition) is 1. The summed E-state index contributed by atoms with van der Waals surface area (Å²) in [4.78, 5) is 8.41. The molecule has 2 heterocycles. The molecule has 3 rings (SSSR count). The van der Waals surface area contributed by atoms with Crippen LogP contribution in [0.25, 0.3) is 0 Å². The third-order valence-corrected chi connectivity index (χ3v) is 3.28. The molecule has 88 valence electrons. The molecule has 0 aliphatic heterocycles. The van der Waals surface area contributed by atoms with Crippen molar-refractivity contribution in [3.8, 4) is 0 Å². The Labute approximate surface area is 99.1 Å². The second-order valence-corrected chi connectivity index (χ2v) is 4.53. The Morgan fingerprint density at radius 1 is 1.29 bits per heavy atom. The summed E-state index contributed by atoms with van der Waals surface area (Å²) in [5.74, 6) is 1.41. The average molecular weight is 230 g/mol. The van der Waals surface area contributed by atoms with Crippen LogP contribution in [0.5, 0.6) is 0 Å². The van der Waals surface area contributed by atoms with Crippen molar-refractivity contribution < 1.29 is 4.52 Å². The van der Waals surface area contributed by atoms with Gasteiger partial charge in [0.15, 0.2) is 5.82 Å². The van der Waals surface area contributed by atoms with Gasteiger partial charge in [-0.25, -0.2) is 0 Å². The van der Waals surface area contributed by atoms with Gasteiger partial charge in [0.25, 0.3) is 0 Å². The number of hydrogen-bond acceptors (Lipinski definition) is 5. The Morgan fingerprint density at radius 2 is 2.06 bits per heavy atom. The van der Waals surface area contributed by atoms with Crippen molar-refractivity contribution >= 4 is 0 Å². The van der Waals surface area contributed by atoms with Crippen LogP contribution in [0.15, 0.2) is 29.0 Å². The fraction of sp³-hybridized carbons (Fsp3) is 0.417. The van der Waals surface area contributed by atoms with Crippen LogP contribution in [-0.2, 0) is 11.8 Å². The monoisotopic (exact) mass is 230 g/mol. The van der Waals surface area contributed by atoms with Crippen LogP contribution >= 0.6 is 0 Å². The quantitative estimate of drug-likeness (QED) is 0.849. The lowest BCUT2D eigenvalue weighted by Crippen LogP contribution is -2.20. The molecule has 2 aromatic heterocycles. The van der Waals surface area contributed by atoms with Crippen molar-refractivity contribution in [1.29, 1.82) is 0 Å². The molecular formula is C12H14N4O. The highest BCUT2D eigenvalue weighted by Gasteiger charge is 2.48. The van der Waals surface area contributed by atoms with Crippen LogP contribution < -0.4 is 5.73 Å². The van der Waals surface area contributed by atoms with E-state index in [1.54, 1.807) is 12.4 Å². The molecule has 1 fully saturated rings. The van der Waals surface area contributed by atoms with Gasteiger partial charge in [-0.15, -0.1) is 0 Å². The maximum atomic E-state index is 5.73. The van der Waals surface area contributed by atoms with E-state index in [2.05, 4.69) is 15.1 Å². The summed E-state index contributed by atoms with van der Waals surface area (Å²) in [5, 5.41) is 4.00. The molecule has 0 saturated heterocycles. The maximum absolute atomic E-state index is 5.73. The lowest BCUT2D eigenvalue weighted by atomic mass is 10.1. The fourth-order valence-electron chi connectivity index (χ4n) is 1.88. The fourth-order valence-corrected chi connectivity index (χ4v) is 1.88. The Bertz CT molecular complexity index is 504. The first kappa shape index (κ1) is 10.4. The van der Waals surface area contributed by atoms with Gasteiger partial charge in [0.1, 0.15) is 0 Å². The van der Waals surface area contributed by atoms with E-state index in [9.17, 15) is 0 Å². The molecule has 0 bridgehead atoms. The molecule has 2 N–H and O–H groups in total. The predicted molar refractivity (Wildman–Crippen MR) is 61.3 cm³/mol. The third kappa shape index (κ3) is 1.93. The lowest BCUT2D eigenvalue weighted by molar-refractivity contribution is 0.344. The molecule has 0 amide bonds. The molecule has 2 aromatic rings. The van der Waals surface area contributed by atoms with Gasteiger partial charge in [0.2, 0.25) is 5.89 Å². The summed E-state index contributed by atoms with van der Waals surface area (Å²) in [6.07, 6.45) is 6.31. The van der Waals surface area contributed by atoms with E-state index in [1.807, 2.05) is 12.1 Å². The van der Waals surface area contributed by atoms with Crippen molar-refractivity contribution in [2.24, 2.45) is 5.73 Å². The van der Waals surface area contributed by atoms with E-state index in [4.69, 9.17) is 10.3 Å². The lowest BCUT2D eigenvalue weighted by Gasteiger charge is -2.03. The number of nitrogens with two attached hydrogens (primary N) is 1. The van der Waals surface area contributed by atoms with E-state index in [0.717, 1.165) is 18.4 Å². The molecule has 5 nitrogen and oxygen atoms in total. The van der Waals surface area contributed by atoms with Crippen LogP contribution in [0.1, 0.15) is 30.1 Å². The third-order valence-electron chi connectivity index (χ3n) is 3.28. The van der Waals surface area contributed by atoms with Crippen molar-refractivity contribution in [2.75, 3.05) is 6.54 Å². The van der Waals surface area contributed by atoms with Crippen LogP contribution in [0.4, 0.5) is 0 Å². The van der Waals surface area contributed by atoms with Gasteiger partial charge < -0.3 is 10.3 Å². The zero-order valence-electron chi connectivity index (χ0n) is 9.47. The summed E-state index contributed by atoms with van der Waals surface area (Å²) >= 11 is 0. The molecule has 0 radical (unpaired) electrons. The van der Waals surface area contributed by atoms with Crippen molar-refractivity contribution in [2.45, 2.75) is 24.7 Å². The Hall–Kier alpha value is -1.75. The largest absolute Gasteiger partial charge is 0.339 e.